The number of H-pyrrole nitrogens is 1. The third-order valence-electron chi connectivity index (χ3n) is 2.70. The van der Waals surface area contributed by atoms with E-state index < -0.39 is 0 Å². The number of benzene rings is 1. The number of anilines is 1. The number of rotatable bonds is 3. The molecule has 1 aromatic carbocycles. The molecule has 3 aromatic rings. The largest absolute Gasteiger partial charge is 0.360 e. The summed E-state index contributed by atoms with van der Waals surface area (Å²) in [6.45, 7) is 0. The zero-order valence-corrected chi connectivity index (χ0v) is 13.0. The molecule has 0 bridgehead atoms. The summed E-state index contributed by atoms with van der Waals surface area (Å²) in [6.07, 6.45) is 3.51. The van der Waals surface area contributed by atoms with Gasteiger partial charge in [0.15, 0.2) is 0 Å². The lowest BCUT2D eigenvalue weighted by molar-refractivity contribution is 1.33. The molecule has 0 atom stereocenters. The van der Waals surface area contributed by atoms with Crippen molar-refractivity contribution in [1.29, 1.82) is 0 Å². The highest BCUT2D eigenvalue weighted by Gasteiger charge is 2.07. The van der Waals surface area contributed by atoms with Gasteiger partial charge in [0.1, 0.15) is 5.15 Å². The van der Waals surface area contributed by atoms with E-state index in [4.69, 9.17) is 34.8 Å². The number of halogens is 3. The van der Waals surface area contributed by atoms with Crippen LogP contribution in [0.1, 0.15) is 0 Å². The molecule has 3 nitrogen and oxygen atoms in total. The van der Waals surface area contributed by atoms with E-state index >= 15 is 0 Å². The quantitative estimate of drug-likeness (QED) is 0.477. The van der Waals surface area contributed by atoms with Crippen molar-refractivity contribution < 1.29 is 0 Å². The molecule has 20 heavy (non-hydrogen) atoms. The van der Waals surface area contributed by atoms with Crippen molar-refractivity contribution in [2.24, 2.45) is 0 Å². The van der Waals surface area contributed by atoms with Gasteiger partial charge >= 0.3 is 0 Å². The van der Waals surface area contributed by atoms with Gasteiger partial charge in [0.05, 0.1) is 21.8 Å². The van der Waals surface area contributed by atoms with Gasteiger partial charge in [-0.15, -0.1) is 0 Å². The molecule has 0 radical (unpaired) electrons. The monoisotopic (exact) mass is 343 g/mol. The maximum absolute atomic E-state index is 6.08. The van der Waals surface area contributed by atoms with Crippen LogP contribution in [0.15, 0.2) is 41.6 Å². The van der Waals surface area contributed by atoms with Crippen LogP contribution < -0.4 is 4.72 Å². The Bertz CT molecular complexity index is 773. The second-order valence-electron chi connectivity index (χ2n) is 4.03. The van der Waals surface area contributed by atoms with E-state index in [9.17, 15) is 0 Å². The highest BCUT2D eigenvalue weighted by molar-refractivity contribution is 8.00. The van der Waals surface area contributed by atoms with E-state index in [1.165, 1.54) is 11.9 Å². The molecule has 102 valence electrons. The van der Waals surface area contributed by atoms with Gasteiger partial charge in [-0.3, -0.25) is 0 Å². The summed E-state index contributed by atoms with van der Waals surface area (Å²) in [5.41, 5.74) is 1.70. The molecule has 0 aliphatic rings. The lowest BCUT2D eigenvalue weighted by atomic mass is 10.2. The maximum atomic E-state index is 6.08. The number of hydrogen-bond acceptors (Lipinski definition) is 3. The number of nitrogens with zero attached hydrogens (tertiary/aromatic N) is 1. The van der Waals surface area contributed by atoms with E-state index in [1.807, 2.05) is 24.4 Å². The molecule has 0 saturated heterocycles. The minimum Gasteiger partial charge on any atom is -0.360 e. The Labute approximate surface area is 134 Å². The number of hydrogen-bond donors (Lipinski definition) is 2. The van der Waals surface area contributed by atoms with Crippen LogP contribution in [0.4, 0.5) is 5.69 Å². The zero-order chi connectivity index (χ0) is 14.1. The van der Waals surface area contributed by atoms with E-state index in [2.05, 4.69) is 14.7 Å². The van der Waals surface area contributed by atoms with Gasteiger partial charge in [0, 0.05) is 22.1 Å². The van der Waals surface area contributed by atoms with Crippen LogP contribution >= 0.6 is 46.8 Å². The Morgan fingerprint density at radius 3 is 2.80 bits per heavy atom. The van der Waals surface area contributed by atoms with Crippen LogP contribution in [-0.2, 0) is 0 Å². The molecule has 0 spiro atoms. The molecule has 0 aliphatic heterocycles. The lowest BCUT2D eigenvalue weighted by Gasteiger charge is -2.06. The van der Waals surface area contributed by atoms with Gasteiger partial charge in [-0.05, 0) is 30.1 Å². The first-order valence-corrected chi connectivity index (χ1v) is 7.59. The first kappa shape index (κ1) is 13.9. The lowest BCUT2D eigenvalue weighted by Crippen LogP contribution is -1.89. The van der Waals surface area contributed by atoms with Crippen molar-refractivity contribution in [3.8, 4) is 0 Å². The summed E-state index contributed by atoms with van der Waals surface area (Å²) in [5, 5.41) is 2.69. The first-order valence-electron chi connectivity index (χ1n) is 5.64. The fourth-order valence-electron chi connectivity index (χ4n) is 1.75. The van der Waals surface area contributed by atoms with Crippen LogP contribution in [0.5, 0.6) is 0 Å². The second kappa shape index (κ2) is 5.74. The fourth-order valence-corrected chi connectivity index (χ4v) is 3.18. The normalized spacial score (nSPS) is 10.9. The molecule has 2 heterocycles. The van der Waals surface area contributed by atoms with E-state index in [1.54, 1.807) is 12.3 Å². The average molecular weight is 345 g/mol. The molecular formula is C13H8Cl3N3S. The topological polar surface area (TPSA) is 40.7 Å². The van der Waals surface area contributed by atoms with E-state index in [0.29, 0.717) is 20.9 Å². The standard InChI is InChI=1S/C13H8Cl3N3S/c14-7-1-2-8-10(3-7)17-6-12(8)20-19-11-5-18-13(16)4-9(11)15/h1-6,17,19H. The Morgan fingerprint density at radius 1 is 1.15 bits per heavy atom. The smallest absolute Gasteiger partial charge is 0.130 e. The predicted molar refractivity (Wildman–Crippen MR) is 87.0 cm³/mol. The Morgan fingerprint density at radius 2 is 2.00 bits per heavy atom. The van der Waals surface area contributed by atoms with Crippen molar-refractivity contribution in [2.75, 3.05) is 4.72 Å². The average Bonchev–Trinajstić information content (AvgIpc) is 2.80. The van der Waals surface area contributed by atoms with Crippen molar-refractivity contribution in [1.82, 2.24) is 9.97 Å². The molecule has 2 N–H and O–H groups in total. The highest BCUT2D eigenvalue weighted by atomic mass is 35.5. The van der Waals surface area contributed by atoms with Crippen LogP contribution in [0.3, 0.4) is 0 Å². The number of pyridine rings is 1. The van der Waals surface area contributed by atoms with Gasteiger partial charge in [-0.25, -0.2) is 4.98 Å². The van der Waals surface area contributed by atoms with Crippen molar-refractivity contribution >= 4 is 63.3 Å². The van der Waals surface area contributed by atoms with Gasteiger partial charge < -0.3 is 9.71 Å². The first-order chi connectivity index (χ1) is 9.63. The number of nitrogens with one attached hydrogen (secondary N) is 2. The number of aromatic nitrogens is 2. The van der Waals surface area contributed by atoms with Crippen molar-refractivity contribution in [3.63, 3.8) is 0 Å². The predicted octanol–water partition coefficient (Wildman–Crippen LogP) is 5.64. The molecule has 3 rings (SSSR count). The molecule has 0 unspecified atom stereocenters. The molecule has 0 amide bonds. The van der Waals surface area contributed by atoms with Crippen LogP contribution in [0.25, 0.3) is 10.9 Å². The van der Waals surface area contributed by atoms with E-state index in [0.717, 1.165) is 15.8 Å². The molecule has 2 aromatic heterocycles. The summed E-state index contributed by atoms with van der Waals surface area (Å²) in [6, 6.07) is 7.32. The number of fused-ring (bicyclic) bond motifs is 1. The third-order valence-corrected chi connectivity index (χ3v) is 4.33. The summed E-state index contributed by atoms with van der Waals surface area (Å²) in [5.74, 6) is 0. The SMILES string of the molecule is Clc1ccc2c(SNc3cnc(Cl)cc3Cl)c[nH]c2c1. The van der Waals surface area contributed by atoms with Gasteiger partial charge in [-0.2, -0.15) is 0 Å². The number of aromatic amines is 1. The molecule has 7 heteroatoms. The summed E-state index contributed by atoms with van der Waals surface area (Å²) in [4.78, 5) is 8.21. The summed E-state index contributed by atoms with van der Waals surface area (Å²) < 4.78 is 3.16. The van der Waals surface area contributed by atoms with Gasteiger partial charge in [0.2, 0.25) is 0 Å². The van der Waals surface area contributed by atoms with Gasteiger partial charge in [-0.1, -0.05) is 40.9 Å². The van der Waals surface area contributed by atoms with Crippen molar-refractivity contribution in [2.45, 2.75) is 4.90 Å². The van der Waals surface area contributed by atoms with Crippen LogP contribution in [0.2, 0.25) is 15.2 Å². The minimum absolute atomic E-state index is 0.368. The Kier molecular flexibility index (Phi) is 3.98. The maximum Gasteiger partial charge on any atom is 0.130 e. The molecule has 0 saturated carbocycles. The highest BCUT2D eigenvalue weighted by Crippen LogP contribution is 2.32. The van der Waals surface area contributed by atoms with Crippen molar-refractivity contribution in [3.05, 3.63) is 51.9 Å². The third kappa shape index (κ3) is 2.83. The van der Waals surface area contributed by atoms with E-state index in [-0.39, 0.29) is 0 Å². The Hall–Kier alpha value is -1.07. The molecule has 0 aliphatic carbocycles. The van der Waals surface area contributed by atoms with Crippen LogP contribution in [0, 0.1) is 0 Å². The Balaban J connectivity index is 1.83. The fraction of sp³-hybridized carbons (Fsp3) is 0. The minimum atomic E-state index is 0.368. The molecule has 0 fully saturated rings. The summed E-state index contributed by atoms with van der Waals surface area (Å²) >= 11 is 19.2. The summed E-state index contributed by atoms with van der Waals surface area (Å²) in [7, 11) is 0. The van der Waals surface area contributed by atoms with Crippen LogP contribution in [-0.4, -0.2) is 9.97 Å². The van der Waals surface area contributed by atoms with Gasteiger partial charge in [0.25, 0.3) is 0 Å². The zero-order valence-electron chi connectivity index (χ0n) is 9.95. The molecular weight excluding hydrogens is 337 g/mol. The second-order valence-corrected chi connectivity index (χ2v) is 6.11.